The number of ether oxygens (including phenoxy) is 1. The van der Waals surface area contributed by atoms with Crippen LogP contribution in [-0.4, -0.2) is 40.7 Å². The van der Waals surface area contributed by atoms with Crippen LogP contribution in [0.4, 0.5) is 0 Å². The van der Waals surface area contributed by atoms with Gasteiger partial charge in [0.25, 0.3) is 5.91 Å². The number of likely N-dealkylation sites (tertiary alicyclic amines) is 1. The summed E-state index contributed by atoms with van der Waals surface area (Å²) in [5, 5.41) is 19.5. The number of nitrogens with zero attached hydrogens (tertiary/aromatic N) is 1. The fraction of sp³-hybridized carbons (Fsp3) is 0.296. The molecule has 1 fully saturated rings. The van der Waals surface area contributed by atoms with Gasteiger partial charge in [-0.25, -0.2) is 0 Å². The van der Waals surface area contributed by atoms with Gasteiger partial charge in [0, 0.05) is 24.1 Å². The maximum atomic E-state index is 13.1. The first-order valence-electron chi connectivity index (χ1n) is 11.1. The number of carbonyl (C=O) groups is 1. The van der Waals surface area contributed by atoms with E-state index in [1.165, 1.54) is 0 Å². The molecule has 32 heavy (non-hydrogen) atoms. The predicted molar refractivity (Wildman–Crippen MR) is 124 cm³/mol. The molecule has 1 heterocycles. The van der Waals surface area contributed by atoms with Crippen molar-refractivity contribution < 1.29 is 19.7 Å². The lowest BCUT2D eigenvalue weighted by Gasteiger charge is -2.43. The molecule has 5 nitrogen and oxygen atoms in total. The first-order valence-corrected chi connectivity index (χ1v) is 11.1. The number of carbonyl (C=O) groups excluding carboxylic acids is 1. The maximum absolute atomic E-state index is 13.1. The highest BCUT2D eigenvalue weighted by atomic mass is 16.5. The summed E-state index contributed by atoms with van der Waals surface area (Å²) in [5.74, 6) is 1.26. The van der Waals surface area contributed by atoms with Crippen LogP contribution >= 0.6 is 0 Å². The van der Waals surface area contributed by atoms with Crippen molar-refractivity contribution in [3.05, 3.63) is 89.5 Å². The standard InChI is InChI=1S/C27H29NO4/c1-2-19-32-25-13-3-20(4-14-25)26(31)28-17-15-27(16-18-28,21-5-9-23(29)10-6-21)22-7-11-24(30)12-8-22/h3-14,29-30H,2,15-19H2,1H3. The average Bonchev–Trinajstić information content (AvgIpc) is 2.83. The quantitative estimate of drug-likeness (QED) is 0.569. The molecule has 4 rings (SSSR count). The smallest absolute Gasteiger partial charge is 0.253 e. The summed E-state index contributed by atoms with van der Waals surface area (Å²) in [6, 6.07) is 22.0. The normalized spacial score (nSPS) is 15.3. The molecule has 5 heteroatoms. The van der Waals surface area contributed by atoms with E-state index in [2.05, 4.69) is 6.92 Å². The van der Waals surface area contributed by atoms with Gasteiger partial charge >= 0.3 is 0 Å². The van der Waals surface area contributed by atoms with E-state index in [-0.39, 0.29) is 22.8 Å². The van der Waals surface area contributed by atoms with E-state index in [1.54, 1.807) is 24.3 Å². The monoisotopic (exact) mass is 431 g/mol. The zero-order chi connectivity index (χ0) is 22.6. The summed E-state index contributed by atoms with van der Waals surface area (Å²) >= 11 is 0. The highest BCUT2D eigenvalue weighted by Gasteiger charge is 2.39. The molecule has 1 amide bonds. The van der Waals surface area contributed by atoms with Crippen molar-refractivity contribution in [2.24, 2.45) is 0 Å². The van der Waals surface area contributed by atoms with E-state index in [9.17, 15) is 15.0 Å². The highest BCUT2D eigenvalue weighted by molar-refractivity contribution is 5.94. The molecule has 0 radical (unpaired) electrons. The lowest BCUT2D eigenvalue weighted by molar-refractivity contribution is 0.0685. The minimum absolute atomic E-state index is 0.0250. The van der Waals surface area contributed by atoms with Crippen molar-refractivity contribution in [1.82, 2.24) is 4.90 Å². The van der Waals surface area contributed by atoms with Gasteiger partial charge in [0.1, 0.15) is 17.2 Å². The number of piperidine rings is 1. The summed E-state index contributed by atoms with van der Waals surface area (Å²) < 4.78 is 5.62. The number of hydrogen-bond donors (Lipinski definition) is 2. The van der Waals surface area contributed by atoms with Crippen LogP contribution in [0.5, 0.6) is 17.2 Å². The van der Waals surface area contributed by atoms with Crippen LogP contribution in [0.3, 0.4) is 0 Å². The van der Waals surface area contributed by atoms with Crippen molar-refractivity contribution in [1.29, 1.82) is 0 Å². The summed E-state index contributed by atoms with van der Waals surface area (Å²) in [6.07, 6.45) is 2.45. The van der Waals surface area contributed by atoms with E-state index in [0.29, 0.717) is 25.3 Å². The molecule has 0 aliphatic carbocycles. The fourth-order valence-electron chi connectivity index (χ4n) is 4.49. The Morgan fingerprint density at radius 2 is 1.34 bits per heavy atom. The molecule has 0 saturated carbocycles. The Hall–Kier alpha value is -3.47. The van der Waals surface area contributed by atoms with E-state index >= 15 is 0 Å². The van der Waals surface area contributed by atoms with Gasteiger partial charge in [-0.05, 0) is 78.9 Å². The minimum Gasteiger partial charge on any atom is -0.508 e. The zero-order valence-electron chi connectivity index (χ0n) is 18.3. The lowest BCUT2D eigenvalue weighted by atomic mass is 9.68. The minimum atomic E-state index is -0.282. The van der Waals surface area contributed by atoms with Gasteiger partial charge in [0.2, 0.25) is 0 Å². The summed E-state index contributed by atoms with van der Waals surface area (Å²) in [7, 11) is 0. The molecule has 3 aromatic carbocycles. The lowest BCUT2D eigenvalue weighted by Crippen LogP contribution is -2.45. The molecule has 1 saturated heterocycles. The van der Waals surface area contributed by atoms with E-state index in [1.807, 2.05) is 53.4 Å². The Morgan fingerprint density at radius 1 is 0.844 bits per heavy atom. The van der Waals surface area contributed by atoms with E-state index in [0.717, 1.165) is 36.1 Å². The van der Waals surface area contributed by atoms with Crippen molar-refractivity contribution in [2.75, 3.05) is 19.7 Å². The average molecular weight is 432 g/mol. The first kappa shape index (κ1) is 21.8. The van der Waals surface area contributed by atoms with Gasteiger partial charge in [0.15, 0.2) is 0 Å². The molecule has 0 unspecified atom stereocenters. The Morgan fingerprint density at radius 3 is 1.81 bits per heavy atom. The van der Waals surface area contributed by atoms with Gasteiger partial charge in [-0.1, -0.05) is 31.2 Å². The summed E-state index contributed by atoms with van der Waals surface area (Å²) in [5.41, 5.74) is 2.59. The van der Waals surface area contributed by atoms with Gasteiger partial charge in [-0.3, -0.25) is 4.79 Å². The Kier molecular flexibility index (Phi) is 6.35. The number of aromatic hydroxyl groups is 2. The molecule has 0 aromatic heterocycles. The van der Waals surface area contributed by atoms with Crippen molar-refractivity contribution in [3.8, 4) is 17.2 Å². The predicted octanol–water partition coefficient (Wildman–Crippen LogP) is 5.11. The molecular weight excluding hydrogens is 402 g/mol. The van der Waals surface area contributed by atoms with Crippen molar-refractivity contribution in [3.63, 3.8) is 0 Å². The number of amides is 1. The van der Waals surface area contributed by atoms with Gasteiger partial charge < -0.3 is 19.8 Å². The molecule has 166 valence electrons. The SMILES string of the molecule is CCCOc1ccc(C(=O)N2CCC(c3ccc(O)cc3)(c3ccc(O)cc3)CC2)cc1. The molecular formula is C27H29NO4. The van der Waals surface area contributed by atoms with E-state index < -0.39 is 0 Å². The largest absolute Gasteiger partial charge is 0.508 e. The molecule has 2 N–H and O–H groups in total. The molecule has 1 aliphatic rings. The first-order chi connectivity index (χ1) is 15.5. The number of benzene rings is 3. The van der Waals surface area contributed by atoms with Crippen molar-refractivity contribution >= 4 is 5.91 Å². The van der Waals surface area contributed by atoms with Gasteiger partial charge in [0.05, 0.1) is 6.61 Å². The zero-order valence-corrected chi connectivity index (χ0v) is 18.3. The number of phenolic OH excluding ortho intramolecular Hbond substituents is 2. The highest BCUT2D eigenvalue weighted by Crippen LogP contribution is 2.42. The second-order valence-electron chi connectivity index (χ2n) is 8.34. The van der Waals surface area contributed by atoms with Crippen LogP contribution in [0, 0.1) is 0 Å². The van der Waals surface area contributed by atoms with Crippen LogP contribution in [0.15, 0.2) is 72.8 Å². The van der Waals surface area contributed by atoms with Crippen molar-refractivity contribution in [2.45, 2.75) is 31.6 Å². The third-order valence-corrected chi connectivity index (χ3v) is 6.32. The Labute approximate surface area is 188 Å². The Bertz CT molecular complexity index is 987. The number of rotatable bonds is 6. The topological polar surface area (TPSA) is 70.0 Å². The van der Waals surface area contributed by atoms with Crippen LogP contribution in [-0.2, 0) is 5.41 Å². The molecule has 0 atom stereocenters. The second kappa shape index (κ2) is 9.35. The number of hydrogen-bond acceptors (Lipinski definition) is 4. The third-order valence-electron chi connectivity index (χ3n) is 6.32. The van der Waals surface area contributed by atoms with E-state index in [4.69, 9.17) is 4.74 Å². The van der Waals surface area contributed by atoms with Crippen LogP contribution in [0.1, 0.15) is 47.7 Å². The molecule has 1 aliphatic heterocycles. The second-order valence-corrected chi connectivity index (χ2v) is 8.34. The van der Waals surface area contributed by atoms with Gasteiger partial charge in [-0.15, -0.1) is 0 Å². The van der Waals surface area contributed by atoms with Crippen LogP contribution in [0.25, 0.3) is 0 Å². The maximum Gasteiger partial charge on any atom is 0.253 e. The summed E-state index contributed by atoms with van der Waals surface area (Å²) in [4.78, 5) is 15.0. The molecule has 0 spiro atoms. The summed E-state index contributed by atoms with van der Waals surface area (Å²) in [6.45, 7) is 3.96. The number of phenols is 2. The Balaban J connectivity index is 1.54. The molecule has 3 aromatic rings. The van der Waals surface area contributed by atoms with Crippen LogP contribution in [0.2, 0.25) is 0 Å². The van der Waals surface area contributed by atoms with Crippen LogP contribution < -0.4 is 4.74 Å². The fourth-order valence-corrected chi connectivity index (χ4v) is 4.49. The molecule has 0 bridgehead atoms. The third kappa shape index (κ3) is 4.42. The van der Waals surface area contributed by atoms with Gasteiger partial charge in [-0.2, -0.15) is 0 Å².